The second-order valence-corrected chi connectivity index (χ2v) is 5.72. The van der Waals surface area contributed by atoms with Crippen molar-refractivity contribution in [1.29, 1.82) is 0 Å². The average Bonchev–Trinajstić information content (AvgIpc) is 2.79. The van der Waals surface area contributed by atoms with Crippen molar-refractivity contribution in [3.05, 3.63) is 17.5 Å². The predicted octanol–water partition coefficient (Wildman–Crippen LogP) is 1.98. The van der Waals surface area contributed by atoms with E-state index in [1.54, 1.807) is 11.6 Å². The number of hydrogen-bond donors (Lipinski definition) is 1. The number of rotatable bonds is 4. The SMILES string of the molecule is CCn1nc(C)cc1C(=O)N1CCCCC1CC(C)O. The minimum absolute atomic E-state index is 0.0535. The van der Waals surface area contributed by atoms with Crippen LogP contribution >= 0.6 is 0 Å². The highest BCUT2D eigenvalue weighted by Gasteiger charge is 2.30. The third kappa shape index (κ3) is 3.20. The summed E-state index contributed by atoms with van der Waals surface area (Å²) in [7, 11) is 0. The number of nitrogens with zero attached hydrogens (tertiary/aromatic N) is 3. The number of aliphatic hydroxyl groups excluding tert-OH is 1. The van der Waals surface area contributed by atoms with Gasteiger partial charge in [0.15, 0.2) is 0 Å². The number of aromatic nitrogens is 2. The average molecular weight is 279 g/mol. The first-order chi connectivity index (χ1) is 9.52. The lowest BCUT2D eigenvalue weighted by Gasteiger charge is -2.36. The molecule has 1 amide bonds. The van der Waals surface area contributed by atoms with E-state index in [9.17, 15) is 9.90 Å². The molecule has 1 fully saturated rings. The van der Waals surface area contributed by atoms with Gasteiger partial charge in [0.1, 0.15) is 5.69 Å². The maximum Gasteiger partial charge on any atom is 0.272 e. The summed E-state index contributed by atoms with van der Waals surface area (Å²) in [6.45, 7) is 7.17. The van der Waals surface area contributed by atoms with E-state index in [0.717, 1.165) is 31.5 Å². The summed E-state index contributed by atoms with van der Waals surface area (Å²) in [5.74, 6) is 0.0535. The molecule has 0 aliphatic carbocycles. The van der Waals surface area contributed by atoms with E-state index < -0.39 is 0 Å². The second-order valence-electron chi connectivity index (χ2n) is 5.72. The quantitative estimate of drug-likeness (QED) is 0.917. The summed E-state index contributed by atoms with van der Waals surface area (Å²) in [5.41, 5.74) is 1.54. The summed E-state index contributed by atoms with van der Waals surface area (Å²) in [4.78, 5) is 14.7. The Morgan fingerprint density at radius 1 is 1.55 bits per heavy atom. The lowest BCUT2D eigenvalue weighted by atomic mass is 9.97. The first-order valence-electron chi connectivity index (χ1n) is 7.56. The fourth-order valence-electron chi connectivity index (χ4n) is 3.01. The summed E-state index contributed by atoms with van der Waals surface area (Å²) >= 11 is 0. The Morgan fingerprint density at radius 2 is 2.30 bits per heavy atom. The van der Waals surface area contributed by atoms with Gasteiger partial charge in [0.25, 0.3) is 5.91 Å². The van der Waals surface area contributed by atoms with Crippen molar-refractivity contribution in [2.45, 2.75) is 65.1 Å². The maximum absolute atomic E-state index is 12.8. The van der Waals surface area contributed by atoms with Gasteiger partial charge in [-0.2, -0.15) is 5.10 Å². The van der Waals surface area contributed by atoms with Crippen molar-refractivity contribution < 1.29 is 9.90 Å². The van der Waals surface area contributed by atoms with Gasteiger partial charge in [-0.15, -0.1) is 0 Å². The van der Waals surface area contributed by atoms with Crippen molar-refractivity contribution in [1.82, 2.24) is 14.7 Å². The van der Waals surface area contributed by atoms with Gasteiger partial charge in [0.05, 0.1) is 11.8 Å². The van der Waals surface area contributed by atoms with Crippen LogP contribution < -0.4 is 0 Å². The Balaban J connectivity index is 2.20. The van der Waals surface area contributed by atoms with Crippen LogP contribution in [0.15, 0.2) is 6.07 Å². The fourth-order valence-corrected chi connectivity index (χ4v) is 3.01. The van der Waals surface area contributed by atoms with E-state index in [-0.39, 0.29) is 18.1 Å². The highest BCUT2D eigenvalue weighted by molar-refractivity contribution is 5.93. The van der Waals surface area contributed by atoms with Gasteiger partial charge in [-0.3, -0.25) is 9.48 Å². The maximum atomic E-state index is 12.8. The molecule has 2 atom stereocenters. The molecule has 1 aliphatic heterocycles. The van der Waals surface area contributed by atoms with E-state index >= 15 is 0 Å². The van der Waals surface area contributed by atoms with E-state index in [1.807, 2.05) is 24.8 Å². The van der Waals surface area contributed by atoms with Crippen molar-refractivity contribution in [3.63, 3.8) is 0 Å². The number of aryl methyl sites for hydroxylation is 2. The third-order valence-corrected chi connectivity index (χ3v) is 3.92. The molecule has 1 aromatic rings. The van der Waals surface area contributed by atoms with Gasteiger partial charge in [-0.05, 0) is 52.5 Å². The Bertz CT molecular complexity index is 468. The Morgan fingerprint density at radius 3 is 2.95 bits per heavy atom. The van der Waals surface area contributed by atoms with Gasteiger partial charge in [0.2, 0.25) is 0 Å². The molecule has 2 heterocycles. The largest absolute Gasteiger partial charge is 0.393 e. The van der Waals surface area contributed by atoms with E-state index in [0.29, 0.717) is 18.7 Å². The van der Waals surface area contributed by atoms with Gasteiger partial charge in [-0.1, -0.05) is 0 Å². The fraction of sp³-hybridized carbons (Fsp3) is 0.733. The molecule has 0 bridgehead atoms. The van der Waals surface area contributed by atoms with Crippen LogP contribution in [0, 0.1) is 6.92 Å². The van der Waals surface area contributed by atoms with Gasteiger partial charge >= 0.3 is 0 Å². The molecule has 112 valence electrons. The third-order valence-electron chi connectivity index (χ3n) is 3.92. The van der Waals surface area contributed by atoms with Crippen molar-refractivity contribution >= 4 is 5.91 Å². The van der Waals surface area contributed by atoms with Crippen LogP contribution in [0.2, 0.25) is 0 Å². The number of carbonyl (C=O) groups is 1. The highest BCUT2D eigenvalue weighted by Crippen LogP contribution is 2.23. The van der Waals surface area contributed by atoms with E-state index in [1.165, 1.54) is 0 Å². The predicted molar refractivity (Wildman–Crippen MR) is 77.6 cm³/mol. The normalized spacial score (nSPS) is 21.0. The van der Waals surface area contributed by atoms with Crippen LogP contribution in [0.4, 0.5) is 0 Å². The molecule has 0 aromatic carbocycles. The first kappa shape index (κ1) is 15.0. The number of carbonyl (C=O) groups excluding carboxylic acids is 1. The highest BCUT2D eigenvalue weighted by atomic mass is 16.3. The lowest BCUT2D eigenvalue weighted by molar-refractivity contribution is 0.0503. The summed E-state index contributed by atoms with van der Waals surface area (Å²) in [6, 6.07) is 2.01. The Hall–Kier alpha value is -1.36. The molecule has 0 radical (unpaired) electrons. The molecule has 20 heavy (non-hydrogen) atoms. The van der Waals surface area contributed by atoms with Crippen LogP contribution in [-0.2, 0) is 6.54 Å². The van der Waals surface area contributed by atoms with Crippen LogP contribution in [0.5, 0.6) is 0 Å². The molecule has 5 heteroatoms. The van der Waals surface area contributed by atoms with Crippen molar-refractivity contribution in [2.75, 3.05) is 6.54 Å². The molecule has 0 saturated carbocycles. The number of amides is 1. The smallest absolute Gasteiger partial charge is 0.272 e. The Kier molecular flexibility index (Phi) is 4.81. The number of piperidine rings is 1. The molecular weight excluding hydrogens is 254 g/mol. The van der Waals surface area contributed by atoms with Crippen molar-refractivity contribution in [2.24, 2.45) is 0 Å². The van der Waals surface area contributed by atoms with Gasteiger partial charge < -0.3 is 10.0 Å². The molecular formula is C15H25N3O2. The molecule has 1 aromatic heterocycles. The van der Waals surface area contributed by atoms with Crippen molar-refractivity contribution in [3.8, 4) is 0 Å². The number of hydrogen-bond acceptors (Lipinski definition) is 3. The monoisotopic (exact) mass is 279 g/mol. The van der Waals surface area contributed by atoms with E-state index in [4.69, 9.17) is 0 Å². The molecule has 5 nitrogen and oxygen atoms in total. The summed E-state index contributed by atoms with van der Waals surface area (Å²) in [6.07, 6.45) is 3.45. The molecule has 0 spiro atoms. The number of likely N-dealkylation sites (tertiary alicyclic amines) is 1. The molecule has 2 rings (SSSR count). The standard InChI is InChI=1S/C15H25N3O2/c1-4-18-14(9-11(2)16-18)15(20)17-8-6-5-7-13(17)10-12(3)19/h9,12-13,19H,4-8,10H2,1-3H3. The zero-order valence-electron chi connectivity index (χ0n) is 12.7. The van der Waals surface area contributed by atoms with Gasteiger partial charge in [0, 0.05) is 19.1 Å². The topological polar surface area (TPSA) is 58.4 Å². The molecule has 2 unspecified atom stereocenters. The van der Waals surface area contributed by atoms with Gasteiger partial charge in [-0.25, -0.2) is 0 Å². The molecule has 1 aliphatic rings. The molecule has 1 saturated heterocycles. The minimum atomic E-state index is -0.369. The second kappa shape index (κ2) is 6.39. The minimum Gasteiger partial charge on any atom is -0.393 e. The lowest BCUT2D eigenvalue weighted by Crippen LogP contribution is -2.45. The zero-order valence-corrected chi connectivity index (χ0v) is 12.7. The number of aliphatic hydroxyl groups is 1. The van der Waals surface area contributed by atoms with E-state index in [2.05, 4.69) is 5.10 Å². The van der Waals surface area contributed by atoms with Crippen LogP contribution in [0.3, 0.4) is 0 Å². The molecule has 1 N–H and O–H groups in total. The first-order valence-corrected chi connectivity index (χ1v) is 7.56. The van der Waals surface area contributed by atoms with Crippen LogP contribution in [0.25, 0.3) is 0 Å². The zero-order chi connectivity index (χ0) is 14.7. The summed E-state index contributed by atoms with van der Waals surface area (Å²) < 4.78 is 1.77. The summed E-state index contributed by atoms with van der Waals surface area (Å²) in [5, 5.41) is 14.0. The van der Waals surface area contributed by atoms with Crippen LogP contribution in [-0.4, -0.2) is 44.4 Å². The van der Waals surface area contributed by atoms with Crippen LogP contribution in [0.1, 0.15) is 55.7 Å². The Labute approximate surface area is 120 Å².